The smallest absolute Gasteiger partial charge is 0.00767 e. The van der Waals surface area contributed by atoms with E-state index < -0.39 is 0 Å². The Morgan fingerprint density at radius 1 is 1.20 bits per heavy atom. The van der Waals surface area contributed by atoms with E-state index in [-0.39, 0.29) is 0 Å². The molecule has 1 atom stereocenters. The normalized spacial score (nSPS) is 21.3. The van der Waals surface area contributed by atoms with Gasteiger partial charge in [-0.1, -0.05) is 24.3 Å². The maximum Gasteiger partial charge on any atom is 0.00767 e. The van der Waals surface area contributed by atoms with Gasteiger partial charge in [-0.25, -0.2) is 0 Å². The molecule has 0 bridgehead atoms. The molecule has 2 N–H and O–H groups in total. The second-order valence-electron chi connectivity index (χ2n) is 4.53. The highest BCUT2D eigenvalue weighted by atomic mass is 14.6. The summed E-state index contributed by atoms with van der Waals surface area (Å²) >= 11 is 0. The van der Waals surface area contributed by atoms with Gasteiger partial charge in [-0.05, 0) is 55.4 Å². The van der Waals surface area contributed by atoms with Gasteiger partial charge in [0.2, 0.25) is 0 Å². The molecule has 0 amide bonds. The maximum absolute atomic E-state index is 5.91. The van der Waals surface area contributed by atoms with Gasteiger partial charge >= 0.3 is 0 Å². The Kier molecular flexibility index (Phi) is 2.92. The summed E-state index contributed by atoms with van der Waals surface area (Å²) in [5, 5.41) is 0. The Morgan fingerprint density at radius 2 is 1.87 bits per heavy atom. The highest BCUT2D eigenvalue weighted by Gasteiger charge is 2.14. The van der Waals surface area contributed by atoms with Gasteiger partial charge in [0.25, 0.3) is 0 Å². The van der Waals surface area contributed by atoms with Gasteiger partial charge in [0, 0.05) is 6.04 Å². The van der Waals surface area contributed by atoms with Crippen LogP contribution in [0.3, 0.4) is 0 Å². The molecule has 1 aliphatic rings. The van der Waals surface area contributed by atoms with E-state index in [0.29, 0.717) is 6.04 Å². The Morgan fingerprint density at radius 3 is 2.40 bits per heavy atom. The topological polar surface area (TPSA) is 26.0 Å². The molecule has 0 spiro atoms. The largest absolute Gasteiger partial charge is 0.327 e. The van der Waals surface area contributed by atoms with Crippen LogP contribution in [0.4, 0.5) is 0 Å². The van der Waals surface area contributed by atoms with Gasteiger partial charge in [-0.3, -0.25) is 0 Å². The fourth-order valence-electron chi connectivity index (χ4n) is 2.40. The van der Waals surface area contributed by atoms with E-state index in [1.165, 1.54) is 22.3 Å². The fraction of sp³-hybridized carbons (Fsp3) is 0.429. The Hall–Kier alpha value is -1.08. The summed E-state index contributed by atoms with van der Waals surface area (Å²) in [5.74, 6) is 0. The molecule has 2 rings (SSSR count). The van der Waals surface area contributed by atoms with E-state index in [0.717, 1.165) is 19.3 Å². The van der Waals surface area contributed by atoms with Crippen molar-refractivity contribution in [2.45, 2.75) is 39.2 Å². The van der Waals surface area contributed by atoms with Crippen LogP contribution in [0.25, 0.3) is 5.57 Å². The van der Waals surface area contributed by atoms with Crippen LogP contribution in [0.5, 0.6) is 0 Å². The van der Waals surface area contributed by atoms with Crippen LogP contribution in [-0.2, 0) is 0 Å². The SMILES string of the molecule is Cc1cccc(C)c1C1=CCC(N)CC1. The number of hydrogen-bond donors (Lipinski definition) is 1. The van der Waals surface area contributed by atoms with Crippen molar-refractivity contribution in [2.75, 3.05) is 0 Å². The van der Waals surface area contributed by atoms with Crippen LogP contribution in [0.2, 0.25) is 0 Å². The van der Waals surface area contributed by atoms with E-state index >= 15 is 0 Å². The number of benzene rings is 1. The Balaban J connectivity index is 2.38. The van der Waals surface area contributed by atoms with Gasteiger partial charge in [0.05, 0.1) is 0 Å². The second-order valence-corrected chi connectivity index (χ2v) is 4.53. The average Bonchev–Trinajstić information content (AvgIpc) is 2.20. The first kappa shape index (κ1) is 10.4. The second kappa shape index (κ2) is 4.19. The monoisotopic (exact) mass is 201 g/mol. The molecule has 0 saturated heterocycles. The lowest BCUT2D eigenvalue weighted by molar-refractivity contribution is 0.614. The summed E-state index contributed by atoms with van der Waals surface area (Å²) in [6, 6.07) is 6.89. The van der Waals surface area contributed by atoms with Crippen molar-refractivity contribution in [2.24, 2.45) is 5.73 Å². The third kappa shape index (κ3) is 2.13. The molecule has 1 unspecified atom stereocenters. The predicted octanol–water partition coefficient (Wildman–Crippen LogP) is 3.20. The van der Waals surface area contributed by atoms with Crippen LogP contribution in [0.15, 0.2) is 24.3 Å². The minimum Gasteiger partial charge on any atom is -0.327 e. The van der Waals surface area contributed by atoms with Crippen LogP contribution in [-0.4, -0.2) is 6.04 Å². The molecular formula is C14H19N. The number of rotatable bonds is 1. The summed E-state index contributed by atoms with van der Waals surface area (Å²) in [7, 11) is 0. The standard InChI is InChI=1S/C14H19N/c1-10-4-3-5-11(2)14(10)12-6-8-13(15)9-7-12/h3-6,13H,7-9,15H2,1-2H3. The van der Waals surface area contributed by atoms with Crippen LogP contribution in [0.1, 0.15) is 36.0 Å². The Labute approximate surface area is 92.0 Å². The summed E-state index contributed by atoms with van der Waals surface area (Å²) in [6.07, 6.45) is 5.61. The molecule has 0 aromatic heterocycles. The van der Waals surface area contributed by atoms with Crippen molar-refractivity contribution in [1.29, 1.82) is 0 Å². The van der Waals surface area contributed by atoms with E-state index in [2.05, 4.69) is 38.1 Å². The van der Waals surface area contributed by atoms with Gasteiger partial charge in [-0.15, -0.1) is 0 Å². The third-order valence-electron chi connectivity index (χ3n) is 3.25. The molecule has 1 heteroatoms. The van der Waals surface area contributed by atoms with Gasteiger partial charge < -0.3 is 5.73 Å². The predicted molar refractivity (Wildman–Crippen MR) is 65.7 cm³/mol. The molecule has 0 aliphatic heterocycles. The van der Waals surface area contributed by atoms with Crippen molar-refractivity contribution in [1.82, 2.24) is 0 Å². The molecule has 80 valence electrons. The van der Waals surface area contributed by atoms with Gasteiger partial charge in [-0.2, -0.15) is 0 Å². The van der Waals surface area contributed by atoms with Crippen molar-refractivity contribution in [3.63, 3.8) is 0 Å². The molecule has 0 fully saturated rings. The van der Waals surface area contributed by atoms with Crippen LogP contribution < -0.4 is 5.73 Å². The number of allylic oxidation sites excluding steroid dienone is 1. The van der Waals surface area contributed by atoms with Crippen molar-refractivity contribution in [3.8, 4) is 0 Å². The van der Waals surface area contributed by atoms with E-state index in [9.17, 15) is 0 Å². The molecule has 1 aromatic carbocycles. The lowest BCUT2D eigenvalue weighted by Gasteiger charge is -2.21. The molecule has 1 aliphatic carbocycles. The van der Waals surface area contributed by atoms with Crippen LogP contribution >= 0.6 is 0 Å². The zero-order valence-corrected chi connectivity index (χ0v) is 9.59. The first-order valence-electron chi connectivity index (χ1n) is 5.69. The summed E-state index contributed by atoms with van der Waals surface area (Å²) in [6.45, 7) is 4.38. The molecular weight excluding hydrogens is 182 g/mol. The summed E-state index contributed by atoms with van der Waals surface area (Å²) < 4.78 is 0. The third-order valence-corrected chi connectivity index (χ3v) is 3.25. The maximum atomic E-state index is 5.91. The zero-order chi connectivity index (χ0) is 10.8. The highest BCUT2D eigenvalue weighted by Crippen LogP contribution is 2.30. The van der Waals surface area contributed by atoms with Gasteiger partial charge in [0.15, 0.2) is 0 Å². The summed E-state index contributed by atoms with van der Waals surface area (Å²) in [5.41, 5.74) is 11.6. The first-order chi connectivity index (χ1) is 7.18. The molecule has 1 nitrogen and oxygen atoms in total. The van der Waals surface area contributed by atoms with Crippen molar-refractivity contribution in [3.05, 3.63) is 41.0 Å². The van der Waals surface area contributed by atoms with Gasteiger partial charge in [0.1, 0.15) is 0 Å². The van der Waals surface area contributed by atoms with E-state index in [1.807, 2.05) is 0 Å². The van der Waals surface area contributed by atoms with Crippen molar-refractivity contribution < 1.29 is 0 Å². The van der Waals surface area contributed by atoms with Crippen LogP contribution in [0, 0.1) is 13.8 Å². The number of hydrogen-bond acceptors (Lipinski definition) is 1. The molecule has 0 radical (unpaired) electrons. The minimum atomic E-state index is 0.373. The lowest BCUT2D eigenvalue weighted by atomic mass is 9.87. The average molecular weight is 201 g/mol. The molecule has 15 heavy (non-hydrogen) atoms. The van der Waals surface area contributed by atoms with E-state index in [1.54, 1.807) is 0 Å². The summed E-state index contributed by atoms with van der Waals surface area (Å²) in [4.78, 5) is 0. The lowest BCUT2D eigenvalue weighted by Crippen LogP contribution is -2.21. The Bertz CT molecular complexity index is 370. The zero-order valence-electron chi connectivity index (χ0n) is 9.59. The molecule has 0 heterocycles. The molecule has 0 saturated carbocycles. The van der Waals surface area contributed by atoms with E-state index in [4.69, 9.17) is 5.73 Å². The van der Waals surface area contributed by atoms with Crippen molar-refractivity contribution >= 4 is 5.57 Å². The number of nitrogens with two attached hydrogens (primary N) is 1. The first-order valence-corrected chi connectivity index (χ1v) is 5.69. The minimum absolute atomic E-state index is 0.373. The molecule has 1 aromatic rings. The highest BCUT2D eigenvalue weighted by molar-refractivity contribution is 5.71. The number of aryl methyl sites for hydroxylation is 2. The quantitative estimate of drug-likeness (QED) is 0.742. The fourth-order valence-corrected chi connectivity index (χ4v) is 2.40.